The van der Waals surface area contributed by atoms with Crippen LogP contribution in [0.25, 0.3) is 0 Å². The van der Waals surface area contributed by atoms with E-state index in [0.29, 0.717) is 0 Å². The fourth-order valence-corrected chi connectivity index (χ4v) is 2.89. The van der Waals surface area contributed by atoms with Gasteiger partial charge in [0, 0.05) is 51.6 Å². The Bertz CT molecular complexity index is 296. The average Bonchev–Trinajstić information content (AvgIpc) is 2.55. The minimum atomic E-state index is 0. The molecule has 2 N–H and O–H groups in total. The minimum absolute atomic E-state index is 0. The molecular weight excluding hydrogens is 421 g/mol. The van der Waals surface area contributed by atoms with Crippen LogP contribution < -0.4 is 10.6 Å². The molecule has 7 heteroatoms. The first-order chi connectivity index (χ1) is 10.8. The van der Waals surface area contributed by atoms with E-state index in [-0.39, 0.29) is 24.0 Å². The van der Waals surface area contributed by atoms with Crippen molar-refractivity contribution in [1.29, 1.82) is 0 Å². The van der Waals surface area contributed by atoms with Crippen molar-refractivity contribution in [3.8, 4) is 0 Å². The summed E-state index contributed by atoms with van der Waals surface area (Å²) in [7, 11) is 0. The summed E-state index contributed by atoms with van der Waals surface area (Å²) < 4.78 is 0. The van der Waals surface area contributed by atoms with Gasteiger partial charge >= 0.3 is 0 Å². The van der Waals surface area contributed by atoms with Crippen LogP contribution in [0.3, 0.4) is 0 Å². The molecule has 1 aliphatic rings. The van der Waals surface area contributed by atoms with Gasteiger partial charge in [-0.25, -0.2) is 0 Å². The van der Waals surface area contributed by atoms with Crippen molar-refractivity contribution in [2.24, 2.45) is 4.99 Å². The molecule has 0 saturated carbocycles. The average molecular weight is 457 g/mol. The highest BCUT2D eigenvalue weighted by Gasteiger charge is 2.14. The maximum atomic E-state index is 4.65. The summed E-state index contributed by atoms with van der Waals surface area (Å²) >= 11 is 1.86. The molecular formula is C16H36IN5S. The van der Waals surface area contributed by atoms with Gasteiger partial charge < -0.3 is 20.4 Å². The van der Waals surface area contributed by atoms with Crippen LogP contribution in [0.5, 0.6) is 0 Å². The molecule has 1 aliphatic heterocycles. The Hall–Kier alpha value is 0.270. The quantitative estimate of drug-likeness (QED) is 0.227. The van der Waals surface area contributed by atoms with Crippen molar-refractivity contribution < 1.29 is 0 Å². The van der Waals surface area contributed by atoms with Crippen LogP contribution in [-0.4, -0.2) is 86.7 Å². The topological polar surface area (TPSA) is 42.9 Å². The number of hydrogen-bond donors (Lipinski definition) is 2. The maximum Gasteiger partial charge on any atom is 0.191 e. The molecule has 0 radical (unpaired) electrons. The second-order valence-corrected chi connectivity index (χ2v) is 6.65. The number of guanidine groups is 1. The molecule has 0 aromatic heterocycles. The van der Waals surface area contributed by atoms with Gasteiger partial charge in [-0.3, -0.25) is 4.99 Å². The number of nitrogens with one attached hydrogen (secondary N) is 2. The van der Waals surface area contributed by atoms with Crippen LogP contribution in [0.2, 0.25) is 0 Å². The molecule has 0 spiro atoms. The standard InChI is InChI=1S/C16H35N5S.HI/c1-4-17-16(19-9-15-22-3)18-8-6-7-10-21-13-11-20(5-2)12-14-21;/h4-15H2,1-3H3,(H2,17,18,19);1H. The lowest BCUT2D eigenvalue weighted by atomic mass is 10.2. The number of unbranched alkanes of at least 4 members (excludes halogenated alkanes) is 1. The van der Waals surface area contributed by atoms with Crippen molar-refractivity contribution in [3.63, 3.8) is 0 Å². The maximum absolute atomic E-state index is 4.65. The Balaban J connectivity index is 0.00000484. The number of nitrogens with zero attached hydrogens (tertiary/aromatic N) is 3. The second kappa shape index (κ2) is 15.8. The summed E-state index contributed by atoms with van der Waals surface area (Å²) in [6.07, 6.45) is 4.55. The van der Waals surface area contributed by atoms with Gasteiger partial charge in [-0.05, 0) is 39.1 Å². The number of halogens is 1. The summed E-state index contributed by atoms with van der Waals surface area (Å²) in [5.74, 6) is 2.09. The van der Waals surface area contributed by atoms with Crippen molar-refractivity contribution >= 4 is 41.7 Å². The lowest BCUT2D eigenvalue weighted by Gasteiger charge is -2.33. The largest absolute Gasteiger partial charge is 0.357 e. The third-order valence-corrected chi connectivity index (χ3v) is 4.62. The smallest absolute Gasteiger partial charge is 0.191 e. The van der Waals surface area contributed by atoms with Crippen molar-refractivity contribution in [3.05, 3.63) is 0 Å². The molecule has 0 unspecified atom stereocenters. The Labute approximate surface area is 164 Å². The molecule has 0 bridgehead atoms. The highest BCUT2D eigenvalue weighted by Crippen LogP contribution is 2.03. The predicted octanol–water partition coefficient (Wildman–Crippen LogP) is 1.94. The molecule has 5 nitrogen and oxygen atoms in total. The molecule has 1 saturated heterocycles. The minimum Gasteiger partial charge on any atom is -0.357 e. The van der Waals surface area contributed by atoms with Crippen LogP contribution in [0.15, 0.2) is 4.99 Å². The monoisotopic (exact) mass is 457 g/mol. The third-order valence-electron chi connectivity index (χ3n) is 4.01. The van der Waals surface area contributed by atoms with E-state index in [4.69, 9.17) is 0 Å². The van der Waals surface area contributed by atoms with Gasteiger partial charge in [-0.15, -0.1) is 24.0 Å². The van der Waals surface area contributed by atoms with Gasteiger partial charge in [0.05, 0.1) is 0 Å². The van der Waals surface area contributed by atoms with E-state index in [9.17, 15) is 0 Å². The van der Waals surface area contributed by atoms with Crippen molar-refractivity contribution in [1.82, 2.24) is 20.4 Å². The van der Waals surface area contributed by atoms with Gasteiger partial charge in [-0.2, -0.15) is 11.8 Å². The summed E-state index contributed by atoms with van der Waals surface area (Å²) in [4.78, 5) is 9.78. The number of thioether (sulfide) groups is 1. The molecule has 0 aromatic rings. The van der Waals surface area contributed by atoms with Crippen LogP contribution in [0, 0.1) is 0 Å². The Morgan fingerprint density at radius 1 is 1.04 bits per heavy atom. The first-order valence-electron chi connectivity index (χ1n) is 8.76. The number of likely N-dealkylation sites (N-methyl/N-ethyl adjacent to an activating group) is 1. The van der Waals surface area contributed by atoms with E-state index in [2.05, 4.69) is 45.5 Å². The van der Waals surface area contributed by atoms with E-state index in [1.165, 1.54) is 52.1 Å². The lowest BCUT2D eigenvalue weighted by molar-refractivity contribution is 0.136. The third kappa shape index (κ3) is 11.4. The van der Waals surface area contributed by atoms with Gasteiger partial charge in [-0.1, -0.05) is 6.92 Å². The van der Waals surface area contributed by atoms with Crippen molar-refractivity contribution in [2.45, 2.75) is 26.7 Å². The number of rotatable bonds is 10. The van der Waals surface area contributed by atoms with Gasteiger partial charge in [0.25, 0.3) is 0 Å². The van der Waals surface area contributed by atoms with Crippen LogP contribution >= 0.6 is 35.7 Å². The molecule has 23 heavy (non-hydrogen) atoms. The Morgan fingerprint density at radius 2 is 1.74 bits per heavy atom. The SMILES string of the molecule is CCNC(=NCCCCN1CCN(CC)CC1)NCCSC.I. The Morgan fingerprint density at radius 3 is 2.35 bits per heavy atom. The van der Waals surface area contributed by atoms with Crippen LogP contribution in [0.1, 0.15) is 26.7 Å². The summed E-state index contributed by atoms with van der Waals surface area (Å²) in [5, 5.41) is 6.68. The molecule has 0 amide bonds. The predicted molar refractivity (Wildman–Crippen MR) is 116 cm³/mol. The van der Waals surface area contributed by atoms with E-state index in [1.54, 1.807) is 0 Å². The van der Waals surface area contributed by atoms with E-state index >= 15 is 0 Å². The fourth-order valence-electron chi connectivity index (χ4n) is 2.58. The summed E-state index contributed by atoms with van der Waals surface area (Å²) in [5.41, 5.74) is 0. The number of piperazine rings is 1. The van der Waals surface area contributed by atoms with E-state index < -0.39 is 0 Å². The molecule has 138 valence electrons. The molecule has 0 atom stereocenters. The first-order valence-corrected chi connectivity index (χ1v) is 10.1. The van der Waals surface area contributed by atoms with Crippen LogP contribution in [0.4, 0.5) is 0 Å². The zero-order valence-corrected chi connectivity index (χ0v) is 18.3. The zero-order chi connectivity index (χ0) is 16.0. The van der Waals surface area contributed by atoms with E-state index in [1.807, 2.05) is 11.8 Å². The van der Waals surface area contributed by atoms with Crippen LogP contribution in [-0.2, 0) is 0 Å². The lowest BCUT2D eigenvalue weighted by Crippen LogP contribution is -2.46. The highest BCUT2D eigenvalue weighted by atomic mass is 127. The summed E-state index contributed by atoms with van der Waals surface area (Å²) in [6, 6.07) is 0. The molecule has 0 aliphatic carbocycles. The highest BCUT2D eigenvalue weighted by molar-refractivity contribution is 14.0. The summed E-state index contributed by atoms with van der Waals surface area (Å²) in [6.45, 7) is 14.5. The first kappa shape index (κ1) is 23.3. The number of hydrogen-bond acceptors (Lipinski definition) is 4. The van der Waals surface area contributed by atoms with Crippen molar-refractivity contribution in [2.75, 3.05) is 70.9 Å². The normalized spacial score (nSPS) is 16.9. The molecule has 1 fully saturated rings. The van der Waals surface area contributed by atoms with Gasteiger partial charge in [0.1, 0.15) is 0 Å². The van der Waals surface area contributed by atoms with Gasteiger partial charge in [0.2, 0.25) is 0 Å². The molecule has 1 rings (SSSR count). The zero-order valence-electron chi connectivity index (χ0n) is 15.1. The fraction of sp³-hybridized carbons (Fsp3) is 0.938. The Kier molecular flexibility index (Phi) is 16.0. The molecule has 0 aromatic carbocycles. The van der Waals surface area contributed by atoms with E-state index in [0.717, 1.165) is 31.3 Å². The van der Waals surface area contributed by atoms with Gasteiger partial charge in [0.15, 0.2) is 5.96 Å². The number of aliphatic imine (C=N–C) groups is 1. The molecule has 1 heterocycles. The second-order valence-electron chi connectivity index (χ2n) is 5.66.